The van der Waals surface area contributed by atoms with E-state index in [1.807, 2.05) is 24.3 Å². The minimum Gasteiger partial charge on any atom is -0.457 e. The van der Waals surface area contributed by atoms with Gasteiger partial charge in [-0.2, -0.15) is 0 Å². The summed E-state index contributed by atoms with van der Waals surface area (Å²) in [6, 6.07) is 21.7. The third kappa shape index (κ3) is 4.93. The molecule has 0 spiro atoms. The molecule has 0 radical (unpaired) electrons. The second kappa shape index (κ2) is 8.65. The van der Waals surface area contributed by atoms with Gasteiger partial charge in [-0.3, -0.25) is 0 Å². The van der Waals surface area contributed by atoms with E-state index in [2.05, 4.69) is 46.8 Å². The molecule has 30 heavy (non-hydrogen) atoms. The van der Waals surface area contributed by atoms with Crippen molar-refractivity contribution in [2.45, 2.75) is 62.2 Å². The van der Waals surface area contributed by atoms with E-state index in [-0.39, 0.29) is 10.3 Å². The highest BCUT2D eigenvalue weighted by Crippen LogP contribution is 2.29. The first-order valence-corrected chi connectivity index (χ1v) is 11.8. The Balaban J connectivity index is 1.76. The van der Waals surface area contributed by atoms with Crippen LogP contribution in [0.3, 0.4) is 0 Å². The number of hydrogen-bond acceptors (Lipinski definition) is 3. The summed E-state index contributed by atoms with van der Waals surface area (Å²) in [6.07, 6.45) is 1.02. The lowest BCUT2D eigenvalue weighted by Gasteiger charge is -2.19. The molecule has 3 nitrogen and oxygen atoms in total. The Hall–Kier alpha value is -2.59. The van der Waals surface area contributed by atoms with Gasteiger partial charge in [0.2, 0.25) is 9.84 Å². The highest BCUT2D eigenvalue weighted by Gasteiger charge is 2.18. The summed E-state index contributed by atoms with van der Waals surface area (Å²) >= 11 is 0. The first-order valence-electron chi connectivity index (χ1n) is 10.3. The molecule has 3 rings (SSSR count). The average molecular weight is 423 g/mol. The molecule has 0 aliphatic carbocycles. The lowest BCUT2D eigenvalue weighted by molar-refractivity contribution is 0.481. The average Bonchev–Trinajstić information content (AvgIpc) is 2.73. The number of ether oxygens (including phenoxy) is 1. The van der Waals surface area contributed by atoms with Crippen molar-refractivity contribution in [2.24, 2.45) is 0 Å². The van der Waals surface area contributed by atoms with Gasteiger partial charge < -0.3 is 4.74 Å². The molecule has 158 valence electrons. The van der Waals surface area contributed by atoms with Gasteiger partial charge in [-0.15, -0.1) is 0 Å². The van der Waals surface area contributed by atoms with Crippen molar-refractivity contribution >= 4 is 9.84 Å². The lowest BCUT2D eigenvalue weighted by atomic mass is 9.87. The minimum absolute atomic E-state index is 0.0846. The molecule has 0 saturated heterocycles. The molecule has 0 fully saturated rings. The van der Waals surface area contributed by atoms with E-state index in [0.29, 0.717) is 16.6 Å². The van der Waals surface area contributed by atoms with Crippen molar-refractivity contribution in [1.29, 1.82) is 0 Å². The van der Waals surface area contributed by atoms with Crippen molar-refractivity contribution < 1.29 is 13.2 Å². The summed E-state index contributed by atoms with van der Waals surface area (Å²) in [6.45, 7) is 10.8. The van der Waals surface area contributed by atoms with Gasteiger partial charge in [-0.05, 0) is 77.4 Å². The molecule has 0 aromatic heterocycles. The predicted molar refractivity (Wildman–Crippen MR) is 122 cm³/mol. The maximum absolute atomic E-state index is 12.9. The van der Waals surface area contributed by atoms with Gasteiger partial charge in [0.05, 0.1) is 9.79 Å². The summed E-state index contributed by atoms with van der Waals surface area (Å²) < 4.78 is 31.8. The summed E-state index contributed by atoms with van der Waals surface area (Å²) in [5, 5.41) is 0. The van der Waals surface area contributed by atoms with Gasteiger partial charge >= 0.3 is 0 Å². The van der Waals surface area contributed by atoms with Crippen LogP contribution in [-0.2, 0) is 15.3 Å². The summed E-state index contributed by atoms with van der Waals surface area (Å²) in [5.74, 6) is 1.74. The first kappa shape index (κ1) is 22.1. The Morgan fingerprint density at radius 2 is 1.20 bits per heavy atom. The topological polar surface area (TPSA) is 43.4 Å². The molecule has 3 aromatic rings. The quantitative estimate of drug-likeness (QED) is 0.425. The molecule has 1 atom stereocenters. The summed E-state index contributed by atoms with van der Waals surface area (Å²) in [7, 11) is -3.56. The first-order chi connectivity index (χ1) is 14.1. The lowest BCUT2D eigenvalue weighted by Crippen LogP contribution is -2.10. The monoisotopic (exact) mass is 422 g/mol. The highest BCUT2D eigenvalue weighted by molar-refractivity contribution is 7.91. The van der Waals surface area contributed by atoms with Crippen LogP contribution in [0.15, 0.2) is 82.6 Å². The van der Waals surface area contributed by atoms with Crippen LogP contribution in [-0.4, -0.2) is 8.42 Å². The number of rotatable bonds is 6. The van der Waals surface area contributed by atoms with Crippen molar-refractivity contribution in [1.82, 2.24) is 0 Å². The summed E-state index contributed by atoms with van der Waals surface area (Å²) in [4.78, 5) is 0.565. The van der Waals surface area contributed by atoms with Crippen LogP contribution in [0.25, 0.3) is 0 Å². The largest absolute Gasteiger partial charge is 0.457 e. The SMILES string of the molecule is CCC(C)c1ccc(S(=O)(=O)c2ccc(Oc3ccc(C(C)(C)C)cc3)cc2)cc1. The van der Waals surface area contributed by atoms with Crippen LogP contribution < -0.4 is 4.74 Å². The minimum atomic E-state index is -3.56. The molecule has 0 aliphatic rings. The Labute approximate surface area is 180 Å². The molecule has 4 heteroatoms. The van der Waals surface area contributed by atoms with Crippen LogP contribution in [0.5, 0.6) is 11.5 Å². The Morgan fingerprint density at radius 1 is 0.767 bits per heavy atom. The number of sulfone groups is 1. The third-order valence-electron chi connectivity index (χ3n) is 5.46. The zero-order valence-electron chi connectivity index (χ0n) is 18.3. The smallest absolute Gasteiger partial charge is 0.206 e. The summed E-state index contributed by atoms with van der Waals surface area (Å²) in [5.41, 5.74) is 2.47. The van der Waals surface area contributed by atoms with E-state index < -0.39 is 9.84 Å². The zero-order valence-corrected chi connectivity index (χ0v) is 19.2. The maximum atomic E-state index is 12.9. The fraction of sp³-hybridized carbons (Fsp3) is 0.308. The molecule has 1 unspecified atom stereocenters. The molecule has 3 aromatic carbocycles. The van der Waals surface area contributed by atoms with Crippen LogP contribution in [0.4, 0.5) is 0 Å². The van der Waals surface area contributed by atoms with E-state index in [1.54, 1.807) is 36.4 Å². The van der Waals surface area contributed by atoms with E-state index in [1.165, 1.54) is 5.56 Å². The normalized spacial score (nSPS) is 13.1. The second-order valence-electron chi connectivity index (χ2n) is 8.73. The standard InChI is InChI=1S/C26H30O3S/c1-6-19(2)20-7-15-24(16-8-20)30(27,28)25-17-13-23(14-18-25)29-22-11-9-21(10-12-22)26(3,4)5/h7-19H,6H2,1-5H3. The zero-order chi connectivity index (χ0) is 21.9. The predicted octanol–water partition coefficient (Wildman–Crippen LogP) is 7.12. The fourth-order valence-corrected chi connectivity index (χ4v) is 4.45. The van der Waals surface area contributed by atoms with Crippen LogP contribution in [0.1, 0.15) is 58.1 Å². The van der Waals surface area contributed by atoms with Gasteiger partial charge in [-0.1, -0.05) is 58.9 Å². The van der Waals surface area contributed by atoms with Gasteiger partial charge in [0.15, 0.2) is 0 Å². The molecule has 0 heterocycles. The fourth-order valence-electron chi connectivity index (χ4n) is 3.19. The van der Waals surface area contributed by atoms with E-state index in [4.69, 9.17) is 4.74 Å². The maximum Gasteiger partial charge on any atom is 0.206 e. The van der Waals surface area contributed by atoms with E-state index in [0.717, 1.165) is 17.7 Å². The van der Waals surface area contributed by atoms with E-state index in [9.17, 15) is 8.42 Å². The number of benzene rings is 3. The molecular weight excluding hydrogens is 392 g/mol. The third-order valence-corrected chi connectivity index (χ3v) is 7.25. The highest BCUT2D eigenvalue weighted by atomic mass is 32.2. The van der Waals surface area contributed by atoms with Gasteiger partial charge in [0.1, 0.15) is 11.5 Å². The van der Waals surface area contributed by atoms with Gasteiger partial charge in [0.25, 0.3) is 0 Å². The van der Waals surface area contributed by atoms with Gasteiger partial charge in [-0.25, -0.2) is 8.42 Å². The number of hydrogen-bond donors (Lipinski definition) is 0. The Bertz CT molecular complexity index is 1070. The second-order valence-corrected chi connectivity index (χ2v) is 10.7. The molecule has 0 N–H and O–H groups in total. The van der Waals surface area contributed by atoms with Crippen molar-refractivity contribution in [3.05, 3.63) is 83.9 Å². The molecular formula is C26H30O3S. The Kier molecular flexibility index (Phi) is 6.37. The molecule has 0 aliphatic heterocycles. The van der Waals surface area contributed by atoms with Crippen LogP contribution >= 0.6 is 0 Å². The van der Waals surface area contributed by atoms with Crippen molar-refractivity contribution in [3.8, 4) is 11.5 Å². The molecule has 0 bridgehead atoms. The van der Waals surface area contributed by atoms with Crippen molar-refractivity contribution in [2.75, 3.05) is 0 Å². The molecule has 0 amide bonds. The van der Waals surface area contributed by atoms with Gasteiger partial charge in [0, 0.05) is 0 Å². The van der Waals surface area contributed by atoms with Crippen LogP contribution in [0, 0.1) is 0 Å². The van der Waals surface area contributed by atoms with Crippen LogP contribution in [0.2, 0.25) is 0 Å². The molecule has 0 saturated carbocycles. The Morgan fingerprint density at radius 3 is 1.63 bits per heavy atom. The van der Waals surface area contributed by atoms with Crippen molar-refractivity contribution in [3.63, 3.8) is 0 Å². The van der Waals surface area contributed by atoms with E-state index >= 15 is 0 Å².